The first-order chi connectivity index (χ1) is 18.3. The predicted molar refractivity (Wildman–Crippen MR) is 148 cm³/mol. The Balaban J connectivity index is 1.54. The van der Waals surface area contributed by atoms with E-state index in [4.69, 9.17) is 0 Å². The molecule has 3 aromatic rings. The highest BCUT2D eigenvalue weighted by Crippen LogP contribution is 2.31. The smallest absolute Gasteiger partial charge is 0.288 e. The third-order valence-electron chi connectivity index (χ3n) is 6.53. The van der Waals surface area contributed by atoms with Crippen LogP contribution in [0.25, 0.3) is 0 Å². The Morgan fingerprint density at radius 2 is 2.00 bits per heavy atom. The van der Waals surface area contributed by atoms with Crippen LogP contribution in [0.1, 0.15) is 28.5 Å². The molecule has 9 heteroatoms. The molecule has 196 valence electrons. The molecule has 1 unspecified atom stereocenters. The van der Waals surface area contributed by atoms with E-state index in [-0.39, 0.29) is 30.1 Å². The molecule has 1 aliphatic rings. The third kappa shape index (κ3) is 5.83. The van der Waals surface area contributed by atoms with E-state index in [0.717, 1.165) is 23.2 Å². The lowest BCUT2D eigenvalue weighted by atomic mass is 10.1. The van der Waals surface area contributed by atoms with Gasteiger partial charge in [0.15, 0.2) is 0 Å². The number of benzene rings is 2. The summed E-state index contributed by atoms with van der Waals surface area (Å²) in [5, 5.41) is 7.25. The first-order valence-electron chi connectivity index (χ1n) is 12.3. The second-order valence-corrected chi connectivity index (χ2v) is 9.12. The molecule has 0 aliphatic carbocycles. The van der Waals surface area contributed by atoms with Gasteiger partial charge in [0.1, 0.15) is 11.5 Å². The minimum absolute atomic E-state index is 0.164. The summed E-state index contributed by atoms with van der Waals surface area (Å²) in [6.45, 7) is 14.6. The van der Waals surface area contributed by atoms with Gasteiger partial charge in [-0.3, -0.25) is 25.0 Å². The highest BCUT2D eigenvalue weighted by molar-refractivity contribution is 6.03. The van der Waals surface area contributed by atoms with Gasteiger partial charge in [0.2, 0.25) is 5.91 Å². The molecule has 1 aliphatic heterocycles. The lowest BCUT2D eigenvalue weighted by Crippen LogP contribution is -2.41. The maximum atomic E-state index is 13.4. The fraction of sp³-hybridized carbons (Fsp3) is 0.207. The van der Waals surface area contributed by atoms with Gasteiger partial charge >= 0.3 is 0 Å². The van der Waals surface area contributed by atoms with Gasteiger partial charge in [0.05, 0.1) is 18.8 Å². The van der Waals surface area contributed by atoms with E-state index in [2.05, 4.69) is 35.4 Å². The second kappa shape index (κ2) is 11.6. The van der Waals surface area contributed by atoms with Crippen molar-refractivity contribution in [3.05, 3.63) is 108 Å². The largest absolute Gasteiger partial charge is 0.357 e. The number of nitrogens with one attached hydrogen (secondary N) is 2. The molecule has 4 rings (SSSR count). The molecule has 0 bridgehead atoms. The Kier molecular flexibility index (Phi) is 8.06. The highest BCUT2D eigenvalue weighted by Gasteiger charge is 2.26. The summed E-state index contributed by atoms with van der Waals surface area (Å²) in [5.41, 5.74) is 7.66. The van der Waals surface area contributed by atoms with E-state index in [1.54, 1.807) is 40.4 Å². The van der Waals surface area contributed by atoms with E-state index in [0.29, 0.717) is 30.2 Å². The fourth-order valence-electron chi connectivity index (χ4n) is 4.37. The molecule has 0 spiro atoms. The van der Waals surface area contributed by atoms with Crippen LogP contribution in [0.2, 0.25) is 0 Å². The number of rotatable bonds is 11. The number of fused-ring (bicyclic) bond motifs is 1. The molecular weight excluding hydrogens is 483 g/mol. The van der Waals surface area contributed by atoms with E-state index in [1.807, 2.05) is 25.1 Å². The number of carbonyl (C=O) groups is 2. The van der Waals surface area contributed by atoms with Gasteiger partial charge in [0, 0.05) is 36.8 Å². The summed E-state index contributed by atoms with van der Waals surface area (Å²) >= 11 is 0. The molecule has 2 amide bonds. The Labute approximate surface area is 221 Å². The monoisotopic (exact) mass is 514 g/mol. The molecule has 1 atom stereocenters. The number of H-pyrrole nitrogens is 1. The zero-order chi connectivity index (χ0) is 27.2. The van der Waals surface area contributed by atoms with Crippen LogP contribution in [0.15, 0.2) is 90.8 Å². The Bertz CT molecular complexity index is 1340. The molecule has 0 radical (unpaired) electrons. The number of amides is 2. The first kappa shape index (κ1) is 26.4. The van der Waals surface area contributed by atoms with Crippen molar-refractivity contribution in [1.82, 2.24) is 15.0 Å². The first-order valence-corrected chi connectivity index (χ1v) is 12.3. The van der Waals surface area contributed by atoms with Crippen LogP contribution < -0.4 is 10.3 Å². The summed E-state index contributed by atoms with van der Waals surface area (Å²) < 4.78 is 13.3. The average Bonchev–Trinajstić information content (AvgIpc) is 3.61. The van der Waals surface area contributed by atoms with Crippen molar-refractivity contribution in [2.75, 3.05) is 23.4 Å². The highest BCUT2D eigenvalue weighted by atomic mass is 19.1. The zero-order valence-corrected chi connectivity index (χ0v) is 21.4. The van der Waals surface area contributed by atoms with Gasteiger partial charge in [-0.1, -0.05) is 38.3 Å². The Morgan fingerprint density at radius 1 is 1.24 bits per heavy atom. The SMILES string of the molecule is C=CC(=O)N1CCc2ccc(NN(CC(C)C(=C)N(Cc3ccc(F)cc3)N=C)C(=O)c3ccc[nH]3)cc21. The van der Waals surface area contributed by atoms with Crippen molar-refractivity contribution >= 4 is 29.9 Å². The maximum absolute atomic E-state index is 13.4. The van der Waals surface area contributed by atoms with Crippen molar-refractivity contribution in [3.8, 4) is 0 Å². The number of hydrogen-bond acceptors (Lipinski definition) is 5. The van der Waals surface area contributed by atoms with Gasteiger partial charge in [-0.25, -0.2) is 4.39 Å². The van der Waals surface area contributed by atoms with Crippen LogP contribution in [0, 0.1) is 11.7 Å². The van der Waals surface area contributed by atoms with Crippen LogP contribution in [0.4, 0.5) is 15.8 Å². The van der Waals surface area contributed by atoms with E-state index < -0.39 is 0 Å². The number of anilines is 2. The van der Waals surface area contributed by atoms with Gasteiger partial charge in [-0.05, 0) is 60.0 Å². The lowest BCUT2D eigenvalue weighted by molar-refractivity contribution is -0.114. The minimum atomic E-state index is -0.313. The Hall–Kier alpha value is -4.66. The summed E-state index contributed by atoms with van der Waals surface area (Å²) in [6.07, 6.45) is 3.75. The number of carbonyl (C=O) groups excluding carboxylic acids is 2. The fourth-order valence-corrected chi connectivity index (χ4v) is 4.37. The predicted octanol–water partition coefficient (Wildman–Crippen LogP) is 4.97. The van der Waals surface area contributed by atoms with Crippen LogP contribution in [-0.4, -0.2) is 46.6 Å². The quantitative estimate of drug-likeness (QED) is 0.215. The molecule has 38 heavy (non-hydrogen) atoms. The van der Waals surface area contributed by atoms with Crippen LogP contribution in [-0.2, 0) is 17.8 Å². The van der Waals surface area contributed by atoms with Crippen LogP contribution in [0.3, 0.4) is 0 Å². The summed E-state index contributed by atoms with van der Waals surface area (Å²) in [4.78, 5) is 30.4. The molecule has 2 N–H and O–H groups in total. The van der Waals surface area contributed by atoms with Crippen LogP contribution in [0.5, 0.6) is 0 Å². The topological polar surface area (TPSA) is 84.0 Å². The van der Waals surface area contributed by atoms with Crippen LogP contribution >= 0.6 is 0 Å². The van der Waals surface area contributed by atoms with Gasteiger partial charge in [0.25, 0.3) is 5.91 Å². The summed E-state index contributed by atoms with van der Waals surface area (Å²) in [7, 11) is 0. The number of hydrazone groups is 1. The number of aromatic amines is 1. The van der Waals surface area contributed by atoms with Crippen molar-refractivity contribution < 1.29 is 14.0 Å². The van der Waals surface area contributed by atoms with E-state index in [9.17, 15) is 14.0 Å². The number of halogens is 1. The molecular formula is C29H31FN6O2. The third-order valence-corrected chi connectivity index (χ3v) is 6.53. The van der Waals surface area contributed by atoms with E-state index >= 15 is 0 Å². The number of nitrogens with zero attached hydrogens (tertiary/aromatic N) is 4. The lowest BCUT2D eigenvalue weighted by Gasteiger charge is -2.31. The van der Waals surface area contributed by atoms with Gasteiger partial charge in [-0.2, -0.15) is 5.10 Å². The van der Waals surface area contributed by atoms with Crippen molar-refractivity contribution in [2.24, 2.45) is 11.0 Å². The van der Waals surface area contributed by atoms with Gasteiger partial charge in [-0.15, -0.1) is 0 Å². The number of aromatic nitrogens is 1. The molecule has 1 aromatic heterocycles. The molecule has 8 nitrogen and oxygen atoms in total. The number of hydrogen-bond donors (Lipinski definition) is 2. The molecule has 0 saturated heterocycles. The van der Waals surface area contributed by atoms with Gasteiger partial charge < -0.3 is 9.88 Å². The van der Waals surface area contributed by atoms with E-state index in [1.165, 1.54) is 23.2 Å². The number of hydrazine groups is 1. The Morgan fingerprint density at radius 3 is 2.66 bits per heavy atom. The normalized spacial score (nSPS) is 12.8. The zero-order valence-electron chi connectivity index (χ0n) is 21.4. The summed E-state index contributed by atoms with van der Waals surface area (Å²) in [5.74, 6) is -0.957. The molecule has 2 aromatic carbocycles. The molecule has 2 heterocycles. The minimum Gasteiger partial charge on any atom is -0.357 e. The standard InChI is InChI=1S/C29H31FN6O2/c1-5-28(37)34-16-14-23-10-13-25(17-27(23)34)33-36(29(38)26-7-6-15-32-26)18-20(2)21(3)35(31-4)19-22-8-11-24(30)12-9-22/h5-13,15,17,20,32-33H,1,3-4,14,16,18-19H2,2H3. The maximum Gasteiger partial charge on any atom is 0.288 e. The second-order valence-electron chi connectivity index (χ2n) is 9.12. The summed E-state index contributed by atoms with van der Waals surface area (Å²) in [6, 6.07) is 15.3. The van der Waals surface area contributed by atoms with Crippen molar-refractivity contribution in [3.63, 3.8) is 0 Å². The van der Waals surface area contributed by atoms with Crippen molar-refractivity contribution in [1.29, 1.82) is 0 Å². The average molecular weight is 515 g/mol. The van der Waals surface area contributed by atoms with Crippen molar-refractivity contribution in [2.45, 2.75) is 19.9 Å². The molecule has 0 fully saturated rings. The molecule has 0 saturated carbocycles.